The quantitative estimate of drug-likeness (QED) is 0.686. The van der Waals surface area contributed by atoms with Gasteiger partial charge < -0.3 is 15.4 Å². The van der Waals surface area contributed by atoms with Crippen LogP contribution in [0.1, 0.15) is 25.1 Å². The number of hydrogen-bond donors (Lipinski definition) is 2. The van der Waals surface area contributed by atoms with E-state index in [-0.39, 0.29) is 0 Å². The van der Waals surface area contributed by atoms with Crippen LogP contribution >= 0.6 is 11.3 Å². The smallest absolute Gasteiger partial charge is 0.134 e. The summed E-state index contributed by atoms with van der Waals surface area (Å²) in [6.07, 6.45) is 1.19. The zero-order chi connectivity index (χ0) is 11.8. The van der Waals surface area contributed by atoms with Crippen LogP contribution in [-0.4, -0.2) is 26.2 Å². The Morgan fingerprint density at radius 3 is 3.00 bits per heavy atom. The van der Waals surface area contributed by atoms with Gasteiger partial charge in [-0.05, 0) is 31.3 Å². The minimum atomic E-state index is 0.485. The third-order valence-corrected chi connectivity index (χ3v) is 3.32. The Balaban J connectivity index is 2.23. The maximum Gasteiger partial charge on any atom is 0.134 e. The van der Waals surface area contributed by atoms with E-state index in [0.29, 0.717) is 6.04 Å². The summed E-state index contributed by atoms with van der Waals surface area (Å²) >= 11 is 1.74. The van der Waals surface area contributed by atoms with Gasteiger partial charge in [0.2, 0.25) is 0 Å². The average Bonchev–Trinajstić information content (AvgIpc) is 2.74. The average molecular weight is 242 g/mol. The van der Waals surface area contributed by atoms with E-state index in [1.165, 1.54) is 11.3 Å². The molecule has 1 aromatic heterocycles. The third kappa shape index (κ3) is 4.51. The van der Waals surface area contributed by atoms with Crippen LogP contribution in [0.2, 0.25) is 0 Å². The topological polar surface area (TPSA) is 33.3 Å². The van der Waals surface area contributed by atoms with Gasteiger partial charge in [0.15, 0.2) is 0 Å². The Kier molecular flexibility index (Phi) is 6.45. The van der Waals surface area contributed by atoms with Gasteiger partial charge in [-0.15, -0.1) is 11.3 Å². The monoisotopic (exact) mass is 242 g/mol. The molecule has 0 fully saturated rings. The van der Waals surface area contributed by atoms with E-state index < -0.39 is 0 Å². The Bertz CT molecular complexity index is 288. The van der Waals surface area contributed by atoms with Gasteiger partial charge in [0.25, 0.3) is 0 Å². The molecule has 0 spiro atoms. The van der Waals surface area contributed by atoms with Gasteiger partial charge in [0, 0.05) is 19.1 Å². The van der Waals surface area contributed by atoms with Crippen LogP contribution in [0.15, 0.2) is 11.4 Å². The molecule has 0 saturated carbocycles. The number of methoxy groups -OCH3 is 1. The highest BCUT2D eigenvalue weighted by atomic mass is 32.1. The summed E-state index contributed by atoms with van der Waals surface area (Å²) in [6.45, 7) is 7.37. The summed E-state index contributed by atoms with van der Waals surface area (Å²) in [5.74, 6) is 0.992. The van der Waals surface area contributed by atoms with Gasteiger partial charge >= 0.3 is 0 Å². The highest BCUT2D eigenvalue weighted by molar-refractivity contribution is 7.10. The highest BCUT2D eigenvalue weighted by Gasteiger charge is 2.06. The van der Waals surface area contributed by atoms with Crippen molar-refractivity contribution < 1.29 is 4.74 Å². The van der Waals surface area contributed by atoms with Gasteiger partial charge in [-0.3, -0.25) is 0 Å². The fourth-order valence-corrected chi connectivity index (χ4v) is 2.26. The molecule has 0 radical (unpaired) electrons. The van der Waals surface area contributed by atoms with Crippen molar-refractivity contribution in [2.75, 3.05) is 20.2 Å². The van der Waals surface area contributed by atoms with Crippen molar-refractivity contribution in [3.63, 3.8) is 0 Å². The predicted octanol–water partition coefficient (Wildman–Crippen LogP) is 2.23. The maximum atomic E-state index is 5.27. The second kappa shape index (κ2) is 7.65. The fraction of sp³-hybridized carbons (Fsp3) is 0.667. The van der Waals surface area contributed by atoms with Crippen LogP contribution in [-0.2, 0) is 6.54 Å². The Hall–Kier alpha value is -0.580. The molecule has 1 unspecified atom stereocenters. The first kappa shape index (κ1) is 13.5. The molecule has 0 aliphatic rings. The normalized spacial score (nSPS) is 12.7. The Labute approximate surface area is 102 Å². The summed E-state index contributed by atoms with van der Waals surface area (Å²) in [5.41, 5.74) is 0. The van der Waals surface area contributed by atoms with Crippen LogP contribution < -0.4 is 15.4 Å². The lowest BCUT2D eigenvalue weighted by Gasteiger charge is -2.14. The maximum absolute atomic E-state index is 5.27. The predicted molar refractivity (Wildman–Crippen MR) is 70.3 cm³/mol. The molecule has 0 bridgehead atoms. The molecule has 92 valence electrons. The van der Waals surface area contributed by atoms with Crippen LogP contribution in [0.5, 0.6) is 5.75 Å². The van der Waals surface area contributed by atoms with Gasteiger partial charge in [-0.25, -0.2) is 0 Å². The molecule has 0 amide bonds. The van der Waals surface area contributed by atoms with Gasteiger partial charge in [0.05, 0.1) is 12.0 Å². The van der Waals surface area contributed by atoms with Crippen molar-refractivity contribution in [3.8, 4) is 5.75 Å². The molecule has 0 aliphatic heterocycles. The molecule has 3 nitrogen and oxygen atoms in total. The highest BCUT2D eigenvalue weighted by Crippen LogP contribution is 2.23. The van der Waals surface area contributed by atoms with Crippen LogP contribution in [0.3, 0.4) is 0 Å². The first-order chi connectivity index (χ1) is 7.77. The first-order valence-electron chi connectivity index (χ1n) is 5.82. The first-order valence-corrected chi connectivity index (χ1v) is 6.70. The van der Waals surface area contributed by atoms with E-state index >= 15 is 0 Å². The number of rotatable bonds is 8. The largest absolute Gasteiger partial charge is 0.496 e. The molecular formula is C12H22N2OS. The molecule has 0 aliphatic carbocycles. The minimum Gasteiger partial charge on any atom is -0.496 e. The second-order valence-electron chi connectivity index (χ2n) is 3.90. The summed E-state index contributed by atoms with van der Waals surface area (Å²) in [5, 5.41) is 8.96. The molecule has 4 heteroatoms. The van der Waals surface area contributed by atoms with Crippen molar-refractivity contribution in [1.82, 2.24) is 10.6 Å². The van der Waals surface area contributed by atoms with E-state index in [2.05, 4.69) is 29.9 Å². The van der Waals surface area contributed by atoms with Crippen molar-refractivity contribution in [1.29, 1.82) is 0 Å². The zero-order valence-corrected chi connectivity index (χ0v) is 11.2. The summed E-state index contributed by atoms with van der Waals surface area (Å²) < 4.78 is 5.27. The van der Waals surface area contributed by atoms with Crippen molar-refractivity contribution >= 4 is 11.3 Å². The van der Waals surface area contributed by atoms with E-state index in [4.69, 9.17) is 4.74 Å². The van der Waals surface area contributed by atoms with Crippen LogP contribution in [0.4, 0.5) is 0 Å². The second-order valence-corrected chi connectivity index (χ2v) is 4.90. The minimum absolute atomic E-state index is 0.485. The van der Waals surface area contributed by atoms with Crippen molar-refractivity contribution in [2.45, 2.75) is 32.9 Å². The lowest BCUT2D eigenvalue weighted by Crippen LogP contribution is -2.36. The van der Waals surface area contributed by atoms with Gasteiger partial charge in [0.1, 0.15) is 5.75 Å². The van der Waals surface area contributed by atoms with Crippen LogP contribution in [0.25, 0.3) is 0 Å². The SMILES string of the molecule is CCCNCC(C)NCc1sccc1OC. The molecule has 1 aromatic rings. The van der Waals surface area contributed by atoms with E-state index in [0.717, 1.165) is 25.4 Å². The van der Waals surface area contributed by atoms with E-state index in [9.17, 15) is 0 Å². The van der Waals surface area contributed by atoms with Gasteiger partial charge in [-0.2, -0.15) is 0 Å². The van der Waals surface area contributed by atoms with E-state index in [1.807, 2.05) is 6.07 Å². The summed E-state index contributed by atoms with van der Waals surface area (Å²) in [6, 6.07) is 2.50. The summed E-state index contributed by atoms with van der Waals surface area (Å²) in [4.78, 5) is 1.27. The molecule has 1 heterocycles. The lowest BCUT2D eigenvalue weighted by molar-refractivity contribution is 0.408. The molecule has 1 rings (SSSR count). The number of ether oxygens (including phenoxy) is 1. The molecular weight excluding hydrogens is 220 g/mol. The molecule has 0 aromatic carbocycles. The third-order valence-electron chi connectivity index (χ3n) is 2.41. The number of hydrogen-bond acceptors (Lipinski definition) is 4. The Morgan fingerprint density at radius 2 is 2.31 bits per heavy atom. The fourth-order valence-electron chi connectivity index (χ4n) is 1.47. The zero-order valence-electron chi connectivity index (χ0n) is 10.4. The van der Waals surface area contributed by atoms with E-state index in [1.54, 1.807) is 18.4 Å². The number of thiophene rings is 1. The Morgan fingerprint density at radius 1 is 1.50 bits per heavy atom. The molecule has 1 atom stereocenters. The number of nitrogens with one attached hydrogen (secondary N) is 2. The van der Waals surface area contributed by atoms with Gasteiger partial charge in [-0.1, -0.05) is 6.92 Å². The van der Waals surface area contributed by atoms with Crippen molar-refractivity contribution in [3.05, 3.63) is 16.3 Å². The molecule has 2 N–H and O–H groups in total. The summed E-state index contributed by atoms with van der Waals surface area (Å²) in [7, 11) is 1.72. The lowest BCUT2D eigenvalue weighted by atomic mass is 10.3. The standard InChI is InChI=1S/C12H22N2OS/c1-4-6-13-8-10(2)14-9-12-11(15-3)5-7-16-12/h5,7,10,13-14H,4,6,8-9H2,1-3H3. The molecule has 16 heavy (non-hydrogen) atoms. The molecule has 0 saturated heterocycles. The van der Waals surface area contributed by atoms with Crippen LogP contribution in [0, 0.1) is 0 Å². The van der Waals surface area contributed by atoms with Crippen molar-refractivity contribution in [2.24, 2.45) is 0 Å².